The second-order valence-electron chi connectivity index (χ2n) is 10.8. The van der Waals surface area contributed by atoms with Crippen LogP contribution in [-0.4, -0.2) is 18.0 Å². The fourth-order valence-corrected chi connectivity index (χ4v) is 8.44. The van der Waals surface area contributed by atoms with Gasteiger partial charge in [0.2, 0.25) is 0 Å². The van der Waals surface area contributed by atoms with Gasteiger partial charge in [0.25, 0.3) is 6.08 Å². The number of ketones is 1. The van der Waals surface area contributed by atoms with E-state index in [1.54, 1.807) is 0 Å². The van der Waals surface area contributed by atoms with Crippen molar-refractivity contribution in [1.29, 1.82) is 0 Å². The highest BCUT2D eigenvalue weighted by Crippen LogP contribution is 2.70. The van der Waals surface area contributed by atoms with Gasteiger partial charge in [0.05, 0.1) is 6.61 Å². The van der Waals surface area contributed by atoms with Crippen molar-refractivity contribution in [2.24, 2.45) is 17.3 Å². The second kappa shape index (κ2) is 7.71. The first-order valence-electron chi connectivity index (χ1n) is 12.2. The van der Waals surface area contributed by atoms with Gasteiger partial charge in [-0.15, -0.1) is 0 Å². The molecule has 2 unspecified atom stereocenters. The number of halogens is 3. The highest BCUT2D eigenvalue weighted by Gasteiger charge is 2.67. The third-order valence-corrected chi connectivity index (χ3v) is 10.0. The van der Waals surface area contributed by atoms with Crippen LogP contribution in [0, 0.1) is 17.3 Å². The summed E-state index contributed by atoms with van der Waals surface area (Å²) in [5.74, 6) is 1.14. The van der Waals surface area contributed by atoms with E-state index in [1.807, 2.05) is 0 Å². The molecule has 0 amide bonds. The number of carbonyl (C=O) groups is 1. The lowest BCUT2D eigenvalue weighted by atomic mass is 9.51. The first-order chi connectivity index (χ1) is 15.8. The van der Waals surface area contributed by atoms with Crippen molar-refractivity contribution in [2.75, 3.05) is 6.61 Å². The van der Waals surface area contributed by atoms with E-state index in [0.29, 0.717) is 49.9 Å². The van der Waals surface area contributed by atoms with Crippen molar-refractivity contribution in [1.82, 2.24) is 0 Å². The molecule has 5 atom stereocenters. The summed E-state index contributed by atoms with van der Waals surface area (Å²) in [7, 11) is 0. The monoisotopic (exact) mass is 514 g/mol. The Labute approximate surface area is 202 Å². The number of ether oxygens (including phenoxy) is 1. The molecular formula is C28H29BrF2O2. The molecule has 4 fully saturated rings. The molecule has 1 aromatic carbocycles. The molecule has 5 aliphatic rings. The molecule has 174 valence electrons. The van der Waals surface area contributed by atoms with E-state index < -0.39 is 11.7 Å². The van der Waals surface area contributed by atoms with Crippen LogP contribution in [0.5, 0.6) is 0 Å². The van der Waals surface area contributed by atoms with Gasteiger partial charge in [-0.05, 0) is 72.8 Å². The van der Waals surface area contributed by atoms with Crippen LogP contribution < -0.4 is 0 Å². The first-order valence-corrected chi connectivity index (χ1v) is 13.0. The van der Waals surface area contributed by atoms with Gasteiger partial charge in [-0.1, -0.05) is 46.6 Å². The van der Waals surface area contributed by atoms with E-state index >= 15 is 0 Å². The largest absolute Gasteiger partial charge is 0.370 e. The minimum atomic E-state index is -1.53. The molecule has 4 aliphatic carbocycles. The van der Waals surface area contributed by atoms with Crippen molar-refractivity contribution < 1.29 is 18.3 Å². The number of hydrogen-bond acceptors (Lipinski definition) is 2. The van der Waals surface area contributed by atoms with Crippen LogP contribution in [-0.2, 0) is 9.53 Å². The topological polar surface area (TPSA) is 26.3 Å². The molecule has 2 nitrogen and oxygen atoms in total. The average molecular weight is 515 g/mol. The Bertz CT molecular complexity index is 1110. The zero-order chi connectivity index (χ0) is 23.0. The van der Waals surface area contributed by atoms with Crippen molar-refractivity contribution in [2.45, 2.75) is 69.8 Å². The van der Waals surface area contributed by atoms with Crippen LogP contribution in [0.15, 0.2) is 63.2 Å². The fourth-order valence-electron chi connectivity index (χ4n) is 8.17. The zero-order valence-corrected chi connectivity index (χ0v) is 20.5. The van der Waals surface area contributed by atoms with Crippen LogP contribution in [0.25, 0.3) is 0 Å². The van der Waals surface area contributed by atoms with Crippen LogP contribution in [0.3, 0.4) is 0 Å². The number of hydrogen-bond donors (Lipinski definition) is 0. The maximum atomic E-state index is 14.2. The van der Waals surface area contributed by atoms with E-state index in [0.717, 1.165) is 30.2 Å². The molecular weight excluding hydrogens is 486 g/mol. The number of allylic oxidation sites excluding steroid dienone is 4. The summed E-state index contributed by atoms with van der Waals surface area (Å²) in [5.41, 5.74) is 4.43. The van der Waals surface area contributed by atoms with Crippen LogP contribution in [0.2, 0.25) is 0 Å². The summed E-state index contributed by atoms with van der Waals surface area (Å²) in [4.78, 5) is 12.2. The number of rotatable bonds is 1. The van der Waals surface area contributed by atoms with Crippen molar-refractivity contribution in [3.63, 3.8) is 0 Å². The molecule has 3 saturated carbocycles. The molecule has 1 aliphatic heterocycles. The molecule has 0 aromatic heterocycles. The minimum absolute atomic E-state index is 0.166. The maximum Gasteiger partial charge on any atom is 0.272 e. The Hall–Kier alpha value is -1.59. The molecule has 0 bridgehead atoms. The Morgan fingerprint density at radius 2 is 1.94 bits per heavy atom. The Morgan fingerprint density at radius 1 is 1.15 bits per heavy atom. The molecule has 1 spiro atoms. The first kappa shape index (κ1) is 21.9. The summed E-state index contributed by atoms with van der Waals surface area (Å²) < 4.78 is 35.7. The molecule has 5 heteroatoms. The van der Waals surface area contributed by atoms with Crippen LogP contribution in [0.1, 0.15) is 69.8 Å². The molecule has 1 saturated heterocycles. The van der Waals surface area contributed by atoms with E-state index in [-0.39, 0.29) is 16.9 Å². The Morgan fingerprint density at radius 3 is 2.70 bits per heavy atom. The highest BCUT2D eigenvalue weighted by atomic mass is 79.9. The number of carbonyl (C=O) groups excluding carboxylic acids is 1. The van der Waals surface area contributed by atoms with Gasteiger partial charge in [-0.2, -0.15) is 8.78 Å². The standard InChI is InChI=1S/C28H29BrF2O2/c1-27-15-22(16-2-5-18(29)6-3-16)25-20-9-7-19(32)14-17(20)4-8-21(25)23(27)10-12-28(27)24(26(30)31)11-13-33-28/h2-6,21-23H,7-15H2,1H3/t21?,22-,23?,27+,28-/m1/s1. The Kier molecular flexibility index (Phi) is 5.12. The van der Waals surface area contributed by atoms with Gasteiger partial charge in [0, 0.05) is 40.6 Å². The van der Waals surface area contributed by atoms with Crippen molar-refractivity contribution in [3.8, 4) is 0 Å². The SMILES string of the molecule is C[C@]12C[C@H](c3ccc(Br)cc3)C3=C4CCC(=O)CC4=CCC3C1CC[C@]21OCCC1=C(F)F. The average Bonchev–Trinajstić information content (AvgIpc) is 3.36. The number of benzene rings is 1. The van der Waals surface area contributed by atoms with Crippen LogP contribution >= 0.6 is 15.9 Å². The van der Waals surface area contributed by atoms with E-state index in [2.05, 4.69) is 53.2 Å². The van der Waals surface area contributed by atoms with Crippen molar-refractivity contribution >= 4 is 21.7 Å². The predicted octanol–water partition coefficient (Wildman–Crippen LogP) is 7.66. The lowest BCUT2D eigenvalue weighted by Crippen LogP contribution is -2.52. The minimum Gasteiger partial charge on any atom is -0.370 e. The van der Waals surface area contributed by atoms with Gasteiger partial charge in [-0.25, -0.2) is 0 Å². The predicted molar refractivity (Wildman–Crippen MR) is 127 cm³/mol. The molecule has 0 N–H and O–H groups in total. The van der Waals surface area contributed by atoms with Gasteiger partial charge in [0.15, 0.2) is 0 Å². The summed E-state index contributed by atoms with van der Waals surface area (Å²) in [6, 6.07) is 8.52. The second-order valence-corrected chi connectivity index (χ2v) is 11.7. The fraction of sp³-hybridized carbons (Fsp3) is 0.536. The molecule has 0 radical (unpaired) electrons. The van der Waals surface area contributed by atoms with Gasteiger partial charge in [-0.3, -0.25) is 4.79 Å². The zero-order valence-electron chi connectivity index (χ0n) is 18.9. The highest BCUT2D eigenvalue weighted by molar-refractivity contribution is 9.10. The molecule has 6 rings (SSSR count). The molecule has 1 aromatic rings. The maximum absolute atomic E-state index is 14.2. The lowest BCUT2D eigenvalue weighted by Gasteiger charge is -2.55. The third-order valence-electron chi connectivity index (χ3n) is 9.52. The normalized spacial score (nSPS) is 37.7. The van der Waals surface area contributed by atoms with Gasteiger partial charge < -0.3 is 4.74 Å². The number of Topliss-reactive ketones (excluding diaryl/α,β-unsaturated/α-hetero) is 1. The van der Waals surface area contributed by atoms with Crippen molar-refractivity contribution in [3.05, 3.63) is 68.8 Å². The smallest absolute Gasteiger partial charge is 0.272 e. The van der Waals surface area contributed by atoms with Gasteiger partial charge in [0.1, 0.15) is 11.4 Å². The lowest BCUT2D eigenvalue weighted by molar-refractivity contribution is -0.118. The van der Waals surface area contributed by atoms with E-state index in [4.69, 9.17) is 4.74 Å². The Balaban J connectivity index is 1.52. The summed E-state index contributed by atoms with van der Waals surface area (Å²) in [6.07, 6.45) is 6.41. The summed E-state index contributed by atoms with van der Waals surface area (Å²) in [6.45, 7) is 2.62. The van der Waals surface area contributed by atoms with Gasteiger partial charge >= 0.3 is 0 Å². The van der Waals surface area contributed by atoms with E-state index in [1.165, 1.54) is 22.3 Å². The summed E-state index contributed by atoms with van der Waals surface area (Å²) >= 11 is 3.56. The summed E-state index contributed by atoms with van der Waals surface area (Å²) in [5, 5.41) is 0. The molecule has 1 heterocycles. The third kappa shape index (κ3) is 3.07. The van der Waals surface area contributed by atoms with E-state index in [9.17, 15) is 13.6 Å². The quantitative estimate of drug-likeness (QED) is 0.384. The van der Waals surface area contributed by atoms with Crippen LogP contribution in [0.4, 0.5) is 8.78 Å². The molecule has 33 heavy (non-hydrogen) atoms. The number of fused-ring (bicyclic) bond motifs is 5.